The zero-order chi connectivity index (χ0) is 9.80. The van der Waals surface area contributed by atoms with E-state index in [1.54, 1.807) is 0 Å². The van der Waals surface area contributed by atoms with Crippen molar-refractivity contribution in [2.75, 3.05) is 0 Å². The standard InChI is InChI=1S/C12H16N2/c1-2-3-4-8-11-10-7-5-6-9-12(10)14-13-11/h5-7,9H,2-4,8H2,1H3,(H,13,14)/p+1. The first-order valence-electron chi connectivity index (χ1n) is 5.39. The minimum Gasteiger partial charge on any atom is -0.171 e. The Bertz CT molecular complexity index is 403. The van der Waals surface area contributed by atoms with E-state index in [0.717, 1.165) is 6.42 Å². The summed E-state index contributed by atoms with van der Waals surface area (Å²) in [5, 5.41) is 7.77. The second-order valence-electron chi connectivity index (χ2n) is 3.73. The zero-order valence-corrected chi connectivity index (χ0v) is 8.64. The molecule has 0 aliphatic rings. The number of benzene rings is 1. The van der Waals surface area contributed by atoms with Gasteiger partial charge >= 0.3 is 0 Å². The summed E-state index contributed by atoms with van der Waals surface area (Å²) in [6.07, 6.45) is 5.02. The first-order chi connectivity index (χ1) is 6.92. The maximum atomic E-state index is 3.25. The summed E-state index contributed by atoms with van der Waals surface area (Å²) in [5.74, 6) is 0. The molecule has 74 valence electrons. The highest BCUT2D eigenvalue weighted by atomic mass is 15.1. The van der Waals surface area contributed by atoms with E-state index in [1.165, 1.54) is 35.9 Å². The summed E-state index contributed by atoms with van der Waals surface area (Å²) in [7, 11) is 0. The second-order valence-corrected chi connectivity index (χ2v) is 3.73. The molecule has 0 radical (unpaired) electrons. The van der Waals surface area contributed by atoms with Gasteiger partial charge < -0.3 is 0 Å². The molecule has 0 fully saturated rings. The summed E-state index contributed by atoms with van der Waals surface area (Å²) in [5.41, 5.74) is 2.55. The van der Waals surface area contributed by atoms with Crippen LogP contribution in [0.25, 0.3) is 10.9 Å². The summed E-state index contributed by atoms with van der Waals surface area (Å²) in [6, 6.07) is 8.43. The van der Waals surface area contributed by atoms with Crippen LogP contribution in [0.2, 0.25) is 0 Å². The number of nitrogens with one attached hydrogen (secondary N) is 2. The number of hydrogen-bond donors (Lipinski definition) is 1. The van der Waals surface area contributed by atoms with Crippen molar-refractivity contribution in [1.82, 2.24) is 5.10 Å². The molecule has 2 nitrogen and oxygen atoms in total. The highest BCUT2D eigenvalue weighted by Crippen LogP contribution is 2.14. The van der Waals surface area contributed by atoms with Gasteiger partial charge in [0.05, 0.1) is 11.1 Å². The van der Waals surface area contributed by atoms with Gasteiger partial charge in [-0.3, -0.25) is 0 Å². The first-order valence-corrected chi connectivity index (χ1v) is 5.39. The van der Waals surface area contributed by atoms with Gasteiger partial charge in [-0.05, 0) is 18.9 Å². The van der Waals surface area contributed by atoms with Gasteiger partial charge in [0.2, 0.25) is 5.52 Å². The van der Waals surface area contributed by atoms with Gasteiger partial charge in [-0.15, -0.1) is 5.10 Å². The van der Waals surface area contributed by atoms with Crippen molar-refractivity contribution in [1.29, 1.82) is 0 Å². The van der Waals surface area contributed by atoms with Crippen molar-refractivity contribution in [3.05, 3.63) is 30.0 Å². The summed E-state index contributed by atoms with van der Waals surface area (Å²) in [4.78, 5) is 0. The number of H-pyrrole nitrogens is 2. The van der Waals surface area contributed by atoms with Gasteiger partial charge in [-0.25, -0.2) is 0 Å². The highest BCUT2D eigenvalue weighted by Gasteiger charge is 2.07. The maximum absolute atomic E-state index is 3.25. The molecule has 0 unspecified atom stereocenters. The molecule has 2 rings (SSSR count). The van der Waals surface area contributed by atoms with E-state index >= 15 is 0 Å². The molecule has 2 N–H and O–H groups in total. The van der Waals surface area contributed by atoms with Crippen LogP contribution in [0.1, 0.15) is 31.9 Å². The predicted molar refractivity (Wildman–Crippen MR) is 58.1 cm³/mol. The molecular weight excluding hydrogens is 172 g/mol. The Morgan fingerprint density at radius 2 is 2.07 bits per heavy atom. The molecule has 2 heteroatoms. The van der Waals surface area contributed by atoms with Crippen LogP contribution in [0.4, 0.5) is 0 Å². The Morgan fingerprint density at radius 1 is 1.21 bits per heavy atom. The lowest BCUT2D eigenvalue weighted by atomic mass is 10.1. The third-order valence-corrected chi connectivity index (χ3v) is 2.63. The number of aromatic amines is 2. The number of fused-ring (bicyclic) bond motifs is 1. The highest BCUT2D eigenvalue weighted by molar-refractivity contribution is 5.77. The van der Waals surface area contributed by atoms with E-state index in [-0.39, 0.29) is 0 Å². The fourth-order valence-corrected chi connectivity index (χ4v) is 1.81. The van der Waals surface area contributed by atoms with Gasteiger partial charge in [0.25, 0.3) is 0 Å². The van der Waals surface area contributed by atoms with Crippen LogP contribution in [0.3, 0.4) is 0 Å². The van der Waals surface area contributed by atoms with E-state index < -0.39 is 0 Å². The number of hydrogen-bond acceptors (Lipinski definition) is 0. The summed E-state index contributed by atoms with van der Waals surface area (Å²) in [6.45, 7) is 2.24. The van der Waals surface area contributed by atoms with Crippen LogP contribution >= 0.6 is 0 Å². The van der Waals surface area contributed by atoms with Gasteiger partial charge in [0.15, 0.2) is 0 Å². The van der Waals surface area contributed by atoms with E-state index in [1.807, 2.05) is 0 Å². The van der Waals surface area contributed by atoms with Crippen LogP contribution in [0.15, 0.2) is 24.3 Å². The normalized spacial score (nSPS) is 10.9. The first kappa shape index (κ1) is 9.25. The quantitative estimate of drug-likeness (QED) is 0.717. The summed E-state index contributed by atoms with van der Waals surface area (Å²) >= 11 is 0. The molecular formula is C12H17N2+. The molecule has 0 aliphatic carbocycles. The molecule has 0 amide bonds. The Balaban J connectivity index is 2.17. The topological polar surface area (TPSA) is 29.9 Å². The average molecular weight is 189 g/mol. The second kappa shape index (κ2) is 4.27. The summed E-state index contributed by atoms with van der Waals surface area (Å²) < 4.78 is 0. The molecule has 1 heterocycles. The molecule has 0 saturated heterocycles. The van der Waals surface area contributed by atoms with E-state index in [0.29, 0.717) is 0 Å². The number of aryl methyl sites for hydroxylation is 1. The van der Waals surface area contributed by atoms with Crippen LogP contribution in [-0.4, -0.2) is 5.10 Å². The minimum atomic E-state index is 1.15. The lowest BCUT2D eigenvalue weighted by Crippen LogP contribution is -2.01. The Morgan fingerprint density at radius 3 is 2.93 bits per heavy atom. The largest absolute Gasteiger partial charge is 0.236 e. The third-order valence-electron chi connectivity index (χ3n) is 2.63. The SMILES string of the molecule is CCCCCc1[nH][nH+]c2ccccc12. The van der Waals surface area contributed by atoms with Gasteiger partial charge in [0, 0.05) is 6.07 Å². The van der Waals surface area contributed by atoms with Crippen LogP contribution in [0.5, 0.6) is 0 Å². The van der Waals surface area contributed by atoms with Crippen molar-refractivity contribution in [2.45, 2.75) is 32.6 Å². The molecule has 0 aliphatic heterocycles. The van der Waals surface area contributed by atoms with Crippen molar-refractivity contribution >= 4 is 10.9 Å². The van der Waals surface area contributed by atoms with Gasteiger partial charge in [0.1, 0.15) is 0 Å². The molecule has 1 aromatic heterocycles. The third kappa shape index (κ3) is 1.79. The molecule has 14 heavy (non-hydrogen) atoms. The molecule has 0 spiro atoms. The monoisotopic (exact) mass is 189 g/mol. The fourth-order valence-electron chi connectivity index (χ4n) is 1.81. The number of para-hydroxylation sites is 1. The molecule has 2 aromatic rings. The van der Waals surface area contributed by atoms with Gasteiger partial charge in [-0.1, -0.05) is 31.9 Å². The zero-order valence-electron chi connectivity index (χ0n) is 8.64. The van der Waals surface area contributed by atoms with Crippen molar-refractivity contribution in [3.8, 4) is 0 Å². The Hall–Kier alpha value is -1.31. The Kier molecular flexibility index (Phi) is 2.82. The molecule has 0 atom stereocenters. The van der Waals surface area contributed by atoms with Crippen molar-refractivity contribution < 1.29 is 5.10 Å². The smallest absolute Gasteiger partial charge is 0.171 e. The fraction of sp³-hybridized carbons (Fsp3) is 0.417. The lowest BCUT2D eigenvalue weighted by molar-refractivity contribution is -0.421. The van der Waals surface area contributed by atoms with E-state index in [4.69, 9.17) is 0 Å². The van der Waals surface area contributed by atoms with Crippen molar-refractivity contribution in [3.63, 3.8) is 0 Å². The molecule has 1 aromatic carbocycles. The number of unbranched alkanes of at least 4 members (excludes halogenated alkanes) is 2. The maximum Gasteiger partial charge on any atom is 0.236 e. The minimum absolute atomic E-state index is 1.15. The van der Waals surface area contributed by atoms with Crippen molar-refractivity contribution in [2.24, 2.45) is 0 Å². The van der Waals surface area contributed by atoms with Crippen LogP contribution in [-0.2, 0) is 6.42 Å². The molecule has 0 saturated carbocycles. The van der Waals surface area contributed by atoms with Crippen LogP contribution < -0.4 is 5.10 Å². The van der Waals surface area contributed by atoms with E-state index in [9.17, 15) is 0 Å². The Labute approximate surface area is 84.3 Å². The predicted octanol–water partition coefficient (Wildman–Crippen LogP) is 2.71. The average Bonchev–Trinajstić information content (AvgIpc) is 2.63. The van der Waals surface area contributed by atoms with Gasteiger partial charge in [-0.2, -0.15) is 5.10 Å². The van der Waals surface area contributed by atoms with E-state index in [2.05, 4.69) is 41.4 Å². The lowest BCUT2D eigenvalue weighted by Gasteiger charge is -1.94. The molecule has 0 bridgehead atoms. The number of rotatable bonds is 4. The number of aromatic nitrogens is 2. The van der Waals surface area contributed by atoms with Crippen LogP contribution in [0, 0.1) is 0 Å².